The quantitative estimate of drug-likeness (QED) is 0.528. The van der Waals surface area contributed by atoms with E-state index in [2.05, 4.69) is 5.32 Å². The van der Waals surface area contributed by atoms with Gasteiger partial charge in [-0.3, -0.25) is 9.59 Å². The van der Waals surface area contributed by atoms with Gasteiger partial charge in [-0.05, 0) is 5.92 Å². The molecule has 0 aliphatic heterocycles. The lowest BCUT2D eigenvalue weighted by Crippen LogP contribution is -2.42. The van der Waals surface area contributed by atoms with E-state index in [1.807, 2.05) is 6.07 Å². The van der Waals surface area contributed by atoms with Crippen LogP contribution in [0.1, 0.15) is 13.8 Å². The lowest BCUT2D eigenvalue weighted by molar-refractivity contribution is -0.128. The van der Waals surface area contributed by atoms with E-state index in [-0.39, 0.29) is 12.5 Å². The third kappa shape index (κ3) is 4.42. The van der Waals surface area contributed by atoms with Gasteiger partial charge in [-0.15, -0.1) is 0 Å². The highest BCUT2D eigenvalue weighted by atomic mass is 16.3. The highest BCUT2D eigenvalue weighted by Gasteiger charge is 2.22. The van der Waals surface area contributed by atoms with Crippen molar-refractivity contribution < 1.29 is 14.7 Å². The van der Waals surface area contributed by atoms with Crippen LogP contribution in [0.4, 0.5) is 0 Å². The van der Waals surface area contributed by atoms with Crippen molar-refractivity contribution in [2.75, 3.05) is 6.54 Å². The lowest BCUT2D eigenvalue weighted by atomic mass is 9.97. The molecule has 0 fully saturated rings. The van der Waals surface area contributed by atoms with Crippen molar-refractivity contribution in [2.24, 2.45) is 17.6 Å². The van der Waals surface area contributed by atoms with Crippen molar-refractivity contribution >= 4 is 11.8 Å². The second kappa shape index (κ2) is 5.98. The first-order chi connectivity index (χ1) is 6.90. The maximum Gasteiger partial charge on any atom is 0.248 e. The van der Waals surface area contributed by atoms with E-state index in [4.69, 9.17) is 16.1 Å². The Morgan fingerprint density at radius 1 is 1.53 bits per heavy atom. The molecule has 15 heavy (non-hydrogen) atoms. The maximum absolute atomic E-state index is 11.3. The van der Waals surface area contributed by atoms with E-state index in [1.54, 1.807) is 13.8 Å². The molecule has 84 valence electrons. The molecule has 0 saturated carbocycles. The molecule has 0 aliphatic rings. The largest absolute Gasteiger partial charge is 0.381 e. The molecule has 0 aliphatic carbocycles. The number of rotatable bonds is 5. The van der Waals surface area contributed by atoms with Crippen molar-refractivity contribution in [2.45, 2.75) is 20.0 Å². The number of nitrogens with one attached hydrogen (secondary N) is 1. The summed E-state index contributed by atoms with van der Waals surface area (Å²) in [5.41, 5.74) is 4.79. The Balaban J connectivity index is 4.15. The van der Waals surface area contributed by atoms with Crippen LogP contribution >= 0.6 is 0 Å². The van der Waals surface area contributed by atoms with Gasteiger partial charge in [0.05, 0.1) is 12.6 Å². The predicted octanol–water partition coefficient (Wildman–Crippen LogP) is -1.26. The van der Waals surface area contributed by atoms with E-state index in [9.17, 15) is 9.59 Å². The zero-order valence-electron chi connectivity index (χ0n) is 8.73. The molecule has 0 spiro atoms. The number of carbonyl (C=O) groups is 2. The van der Waals surface area contributed by atoms with Crippen LogP contribution < -0.4 is 11.1 Å². The van der Waals surface area contributed by atoms with Gasteiger partial charge in [0, 0.05) is 0 Å². The number of hydrogen-bond acceptors (Lipinski definition) is 4. The molecule has 6 heteroatoms. The SMILES string of the molecule is CC(C)C(C#N)C(=O)NCC(O)C(N)=O. The smallest absolute Gasteiger partial charge is 0.248 e. The van der Waals surface area contributed by atoms with Crippen LogP contribution in [-0.2, 0) is 9.59 Å². The molecular weight excluding hydrogens is 198 g/mol. The van der Waals surface area contributed by atoms with Crippen LogP contribution in [-0.4, -0.2) is 29.6 Å². The Morgan fingerprint density at radius 2 is 2.07 bits per heavy atom. The Kier molecular flexibility index (Phi) is 5.34. The molecule has 0 aromatic rings. The van der Waals surface area contributed by atoms with E-state index in [0.29, 0.717) is 0 Å². The minimum absolute atomic E-state index is 0.124. The first-order valence-electron chi connectivity index (χ1n) is 4.54. The summed E-state index contributed by atoms with van der Waals surface area (Å²) in [5, 5.41) is 20.0. The number of amides is 2. The predicted molar refractivity (Wildman–Crippen MR) is 52.2 cm³/mol. The summed E-state index contributed by atoms with van der Waals surface area (Å²) in [6.45, 7) is 3.20. The van der Waals surface area contributed by atoms with Crippen LogP contribution in [0, 0.1) is 23.2 Å². The molecule has 0 radical (unpaired) electrons. The normalized spacial score (nSPS) is 14.1. The highest BCUT2D eigenvalue weighted by molar-refractivity contribution is 5.83. The van der Waals surface area contributed by atoms with Gasteiger partial charge >= 0.3 is 0 Å². The summed E-state index contributed by atoms with van der Waals surface area (Å²) in [5.74, 6) is -2.33. The fourth-order valence-corrected chi connectivity index (χ4v) is 0.918. The Hall–Kier alpha value is -1.61. The van der Waals surface area contributed by atoms with Gasteiger partial charge in [-0.2, -0.15) is 5.26 Å². The zero-order valence-corrected chi connectivity index (χ0v) is 8.73. The van der Waals surface area contributed by atoms with Crippen molar-refractivity contribution in [3.05, 3.63) is 0 Å². The number of carbonyl (C=O) groups excluding carboxylic acids is 2. The number of nitriles is 1. The van der Waals surface area contributed by atoms with Gasteiger partial charge in [0.15, 0.2) is 0 Å². The van der Waals surface area contributed by atoms with Crippen LogP contribution in [0.15, 0.2) is 0 Å². The molecule has 2 atom stereocenters. The monoisotopic (exact) mass is 213 g/mol. The summed E-state index contributed by atoms with van der Waals surface area (Å²) < 4.78 is 0. The van der Waals surface area contributed by atoms with E-state index in [0.717, 1.165) is 0 Å². The summed E-state index contributed by atoms with van der Waals surface area (Å²) in [7, 11) is 0. The molecule has 2 amide bonds. The van der Waals surface area contributed by atoms with Crippen molar-refractivity contribution in [1.29, 1.82) is 5.26 Å². The second-order valence-corrected chi connectivity index (χ2v) is 3.51. The van der Waals surface area contributed by atoms with Gasteiger partial charge in [0.25, 0.3) is 0 Å². The maximum atomic E-state index is 11.3. The zero-order chi connectivity index (χ0) is 12.0. The molecule has 6 nitrogen and oxygen atoms in total. The van der Waals surface area contributed by atoms with Crippen molar-refractivity contribution in [1.82, 2.24) is 5.32 Å². The first kappa shape index (κ1) is 13.4. The number of hydrogen-bond donors (Lipinski definition) is 3. The average molecular weight is 213 g/mol. The summed E-state index contributed by atoms with van der Waals surface area (Å²) in [4.78, 5) is 21.8. The van der Waals surface area contributed by atoms with Gasteiger partial charge in [0.2, 0.25) is 11.8 Å². The average Bonchev–Trinajstić information content (AvgIpc) is 2.14. The highest BCUT2D eigenvalue weighted by Crippen LogP contribution is 2.08. The van der Waals surface area contributed by atoms with Gasteiger partial charge in [-0.1, -0.05) is 13.8 Å². The van der Waals surface area contributed by atoms with Crippen LogP contribution in [0.2, 0.25) is 0 Å². The molecule has 0 rings (SSSR count). The number of aliphatic hydroxyl groups excluding tert-OH is 1. The molecule has 0 saturated heterocycles. The van der Waals surface area contributed by atoms with Crippen molar-refractivity contribution in [3.8, 4) is 6.07 Å². The van der Waals surface area contributed by atoms with Crippen LogP contribution in [0.3, 0.4) is 0 Å². The Labute approximate surface area is 88.1 Å². The molecule has 4 N–H and O–H groups in total. The molecule has 2 unspecified atom stereocenters. The molecule has 0 aromatic heterocycles. The third-order valence-corrected chi connectivity index (χ3v) is 1.89. The van der Waals surface area contributed by atoms with Gasteiger partial charge in [-0.25, -0.2) is 0 Å². The van der Waals surface area contributed by atoms with E-state index >= 15 is 0 Å². The number of primary amides is 1. The van der Waals surface area contributed by atoms with Crippen LogP contribution in [0.25, 0.3) is 0 Å². The Bertz CT molecular complexity index is 283. The molecule has 0 bridgehead atoms. The molecular formula is C9H15N3O3. The lowest BCUT2D eigenvalue weighted by Gasteiger charge is -2.14. The van der Waals surface area contributed by atoms with E-state index in [1.165, 1.54) is 0 Å². The molecule has 0 heterocycles. The fourth-order valence-electron chi connectivity index (χ4n) is 0.918. The summed E-state index contributed by atoms with van der Waals surface area (Å²) >= 11 is 0. The van der Waals surface area contributed by atoms with Gasteiger partial charge in [0.1, 0.15) is 12.0 Å². The number of nitrogens with zero attached hydrogens (tertiary/aromatic N) is 1. The first-order valence-corrected chi connectivity index (χ1v) is 4.54. The molecule has 0 aromatic carbocycles. The summed E-state index contributed by atoms with van der Waals surface area (Å²) in [6.07, 6.45) is -1.42. The minimum Gasteiger partial charge on any atom is -0.381 e. The number of aliphatic hydroxyl groups is 1. The van der Waals surface area contributed by atoms with Gasteiger partial charge < -0.3 is 16.2 Å². The van der Waals surface area contributed by atoms with Crippen LogP contribution in [0.5, 0.6) is 0 Å². The number of nitrogens with two attached hydrogens (primary N) is 1. The minimum atomic E-state index is -1.42. The van der Waals surface area contributed by atoms with E-state index < -0.39 is 23.8 Å². The van der Waals surface area contributed by atoms with Crippen molar-refractivity contribution in [3.63, 3.8) is 0 Å². The fraction of sp³-hybridized carbons (Fsp3) is 0.667. The summed E-state index contributed by atoms with van der Waals surface area (Å²) in [6, 6.07) is 1.84. The topological polar surface area (TPSA) is 116 Å². The third-order valence-electron chi connectivity index (χ3n) is 1.89. The Morgan fingerprint density at radius 3 is 2.40 bits per heavy atom. The second-order valence-electron chi connectivity index (χ2n) is 3.51. The standard InChI is InChI=1S/C9H15N3O3/c1-5(2)6(3-10)9(15)12-4-7(13)8(11)14/h5-7,13H,4H2,1-2H3,(H2,11,14)(H,12,15).